The Kier molecular flexibility index (Phi) is 5.80. The number of allylic oxidation sites excluding steroid dienone is 1. The van der Waals surface area contributed by atoms with Crippen LogP contribution in [0.5, 0.6) is 5.75 Å². The molecular weight excluding hydrogens is 400 g/mol. The summed E-state index contributed by atoms with van der Waals surface area (Å²) in [6.07, 6.45) is 1.94. The first-order valence-electron chi connectivity index (χ1n) is 10.0. The molecule has 4 rings (SSSR count). The second kappa shape index (κ2) is 8.51. The summed E-state index contributed by atoms with van der Waals surface area (Å²) in [6, 6.07) is 13.6. The highest BCUT2D eigenvalue weighted by atomic mass is 35.5. The first kappa shape index (κ1) is 20.5. The number of carboxylic acids is 1. The molecule has 30 heavy (non-hydrogen) atoms. The largest absolute Gasteiger partial charge is 0.489 e. The Hall–Kier alpha value is -2.81. The Morgan fingerprint density at radius 1 is 1.27 bits per heavy atom. The molecule has 1 aliphatic carbocycles. The molecule has 0 saturated carbocycles. The van der Waals surface area contributed by atoms with E-state index in [-0.39, 0.29) is 5.92 Å². The molecule has 1 saturated heterocycles. The van der Waals surface area contributed by atoms with E-state index in [9.17, 15) is 4.79 Å². The highest BCUT2D eigenvalue weighted by Gasteiger charge is 2.33. The Balaban J connectivity index is 1.41. The van der Waals surface area contributed by atoms with Gasteiger partial charge >= 0.3 is 5.97 Å². The molecule has 0 bridgehead atoms. The molecule has 2 aliphatic rings. The van der Waals surface area contributed by atoms with Crippen LogP contribution in [-0.2, 0) is 17.8 Å². The fraction of sp³-hybridized carbons (Fsp3) is 0.333. The molecule has 6 heteroatoms. The number of hydrogen-bond donors (Lipinski definition) is 1. The van der Waals surface area contributed by atoms with Crippen LogP contribution >= 0.6 is 11.6 Å². The molecule has 0 spiro atoms. The maximum Gasteiger partial charge on any atom is 0.309 e. The van der Waals surface area contributed by atoms with Crippen molar-refractivity contribution in [3.05, 3.63) is 69.2 Å². The van der Waals surface area contributed by atoms with Gasteiger partial charge in [0.05, 0.1) is 16.5 Å². The predicted molar refractivity (Wildman–Crippen MR) is 115 cm³/mol. The van der Waals surface area contributed by atoms with Gasteiger partial charge in [0.15, 0.2) is 0 Å². The van der Waals surface area contributed by atoms with Gasteiger partial charge in [-0.25, -0.2) is 0 Å². The van der Waals surface area contributed by atoms with Crippen molar-refractivity contribution in [3.8, 4) is 11.8 Å². The predicted octanol–water partition coefficient (Wildman–Crippen LogP) is 4.53. The molecule has 0 amide bonds. The van der Waals surface area contributed by atoms with Crippen molar-refractivity contribution in [3.63, 3.8) is 0 Å². The SMILES string of the molecule is CC1=C(CN2CC(C(=O)O)C2)CCc2cc(OCc3ccc(C#N)c(Cl)c3)ccc21. The van der Waals surface area contributed by atoms with Crippen LogP contribution in [0.3, 0.4) is 0 Å². The molecule has 154 valence electrons. The standard InChI is InChI=1S/C24H23ClN2O3/c1-15-19(11-27-12-20(13-27)24(28)29)5-4-17-9-21(6-7-22(15)17)30-14-16-2-3-18(10-26)23(25)8-16/h2-3,6-9,20H,4-5,11-14H2,1H3,(H,28,29). The molecule has 5 nitrogen and oxygen atoms in total. The summed E-state index contributed by atoms with van der Waals surface area (Å²) in [6.45, 7) is 4.69. The molecule has 0 radical (unpaired) electrons. The van der Waals surface area contributed by atoms with Crippen molar-refractivity contribution in [1.29, 1.82) is 5.26 Å². The third-order valence-electron chi connectivity index (χ3n) is 5.99. The molecule has 0 atom stereocenters. The lowest BCUT2D eigenvalue weighted by molar-refractivity contribution is -0.147. The molecular formula is C24H23ClN2O3. The quantitative estimate of drug-likeness (QED) is 0.740. The van der Waals surface area contributed by atoms with E-state index in [4.69, 9.17) is 26.7 Å². The van der Waals surface area contributed by atoms with Gasteiger partial charge in [0.25, 0.3) is 0 Å². The number of ether oxygens (including phenoxy) is 1. The zero-order chi connectivity index (χ0) is 21.3. The molecule has 2 aromatic carbocycles. The number of hydrogen-bond acceptors (Lipinski definition) is 4. The van der Waals surface area contributed by atoms with Crippen LogP contribution in [0.25, 0.3) is 5.57 Å². The molecule has 1 N–H and O–H groups in total. The number of aryl methyl sites for hydroxylation is 1. The van der Waals surface area contributed by atoms with Crippen molar-refractivity contribution in [2.75, 3.05) is 19.6 Å². The van der Waals surface area contributed by atoms with E-state index in [1.807, 2.05) is 12.1 Å². The van der Waals surface area contributed by atoms with E-state index in [2.05, 4.69) is 30.0 Å². The van der Waals surface area contributed by atoms with Gasteiger partial charge in [-0.1, -0.05) is 29.3 Å². The summed E-state index contributed by atoms with van der Waals surface area (Å²) in [5, 5.41) is 18.5. The molecule has 0 aromatic heterocycles. The average molecular weight is 423 g/mol. The van der Waals surface area contributed by atoms with E-state index in [0.717, 1.165) is 30.7 Å². The summed E-state index contributed by atoms with van der Waals surface area (Å²) >= 11 is 6.09. The number of nitriles is 1. The highest BCUT2D eigenvalue weighted by molar-refractivity contribution is 6.31. The minimum absolute atomic E-state index is 0.215. The van der Waals surface area contributed by atoms with Crippen molar-refractivity contribution in [2.24, 2.45) is 5.92 Å². The topological polar surface area (TPSA) is 73.6 Å². The first-order chi connectivity index (χ1) is 14.4. The van der Waals surface area contributed by atoms with Gasteiger partial charge in [-0.05, 0) is 66.3 Å². The zero-order valence-corrected chi connectivity index (χ0v) is 17.6. The fourth-order valence-corrected chi connectivity index (χ4v) is 4.37. The lowest BCUT2D eigenvalue weighted by Gasteiger charge is -2.38. The number of benzene rings is 2. The van der Waals surface area contributed by atoms with Crippen LogP contribution in [0.1, 0.15) is 35.6 Å². The number of halogens is 1. The number of carboxylic acid groups (broad SMARTS) is 1. The average Bonchev–Trinajstić information content (AvgIpc) is 2.70. The summed E-state index contributed by atoms with van der Waals surface area (Å²) in [5.41, 5.74) is 6.60. The van der Waals surface area contributed by atoms with Gasteiger partial charge in [-0.2, -0.15) is 5.26 Å². The van der Waals surface area contributed by atoms with Gasteiger partial charge in [0, 0.05) is 19.6 Å². The van der Waals surface area contributed by atoms with E-state index >= 15 is 0 Å². The maximum atomic E-state index is 11.0. The number of rotatable bonds is 6. The Morgan fingerprint density at radius 3 is 2.77 bits per heavy atom. The summed E-state index contributed by atoms with van der Waals surface area (Å²) < 4.78 is 5.95. The van der Waals surface area contributed by atoms with Gasteiger partial charge in [0.1, 0.15) is 18.4 Å². The van der Waals surface area contributed by atoms with Crippen LogP contribution in [0.2, 0.25) is 5.02 Å². The minimum atomic E-state index is -0.693. The van der Waals surface area contributed by atoms with Crippen molar-refractivity contribution in [1.82, 2.24) is 4.90 Å². The Bertz CT molecular complexity index is 1060. The second-order valence-corrected chi connectivity index (χ2v) is 8.40. The lowest BCUT2D eigenvalue weighted by Crippen LogP contribution is -2.50. The van der Waals surface area contributed by atoms with Crippen molar-refractivity contribution < 1.29 is 14.6 Å². The number of aliphatic carboxylic acids is 1. The first-order valence-corrected chi connectivity index (χ1v) is 10.4. The summed E-state index contributed by atoms with van der Waals surface area (Å²) in [7, 11) is 0. The zero-order valence-electron chi connectivity index (χ0n) is 16.8. The van der Waals surface area contributed by atoms with E-state index in [1.54, 1.807) is 12.1 Å². The van der Waals surface area contributed by atoms with Crippen molar-refractivity contribution in [2.45, 2.75) is 26.4 Å². The van der Waals surface area contributed by atoms with E-state index in [0.29, 0.717) is 30.3 Å². The van der Waals surface area contributed by atoms with Crippen LogP contribution in [0, 0.1) is 17.2 Å². The summed E-state index contributed by atoms with van der Waals surface area (Å²) in [5.74, 6) is -0.0910. The van der Waals surface area contributed by atoms with Crippen molar-refractivity contribution >= 4 is 23.1 Å². The van der Waals surface area contributed by atoms with Crippen LogP contribution in [0.15, 0.2) is 42.0 Å². The van der Waals surface area contributed by atoms with Gasteiger partial charge < -0.3 is 9.84 Å². The molecule has 2 aromatic rings. The summed E-state index contributed by atoms with van der Waals surface area (Å²) in [4.78, 5) is 13.2. The maximum absolute atomic E-state index is 11.0. The monoisotopic (exact) mass is 422 g/mol. The molecule has 1 fully saturated rings. The number of fused-ring (bicyclic) bond motifs is 1. The lowest BCUT2D eigenvalue weighted by atomic mass is 9.85. The second-order valence-electron chi connectivity index (χ2n) is 7.99. The number of nitrogens with zero attached hydrogens (tertiary/aromatic N) is 2. The molecule has 0 unspecified atom stereocenters. The van der Waals surface area contributed by atoms with E-state index < -0.39 is 5.97 Å². The minimum Gasteiger partial charge on any atom is -0.489 e. The van der Waals surface area contributed by atoms with Gasteiger partial charge in [0.2, 0.25) is 0 Å². The molecule has 1 aliphatic heterocycles. The van der Waals surface area contributed by atoms with Gasteiger partial charge in [-0.15, -0.1) is 0 Å². The van der Waals surface area contributed by atoms with Crippen LogP contribution in [-0.4, -0.2) is 35.6 Å². The van der Waals surface area contributed by atoms with Crippen LogP contribution in [0.4, 0.5) is 0 Å². The highest BCUT2D eigenvalue weighted by Crippen LogP contribution is 2.34. The van der Waals surface area contributed by atoms with Crippen LogP contribution < -0.4 is 4.74 Å². The number of carbonyl (C=O) groups is 1. The smallest absolute Gasteiger partial charge is 0.309 e. The molecule has 1 heterocycles. The normalized spacial score (nSPS) is 16.6. The Morgan fingerprint density at radius 2 is 2.07 bits per heavy atom. The number of likely N-dealkylation sites (tertiary alicyclic amines) is 1. The Labute approximate surface area is 181 Å². The fourth-order valence-electron chi connectivity index (χ4n) is 4.12. The third-order valence-corrected chi connectivity index (χ3v) is 6.30. The van der Waals surface area contributed by atoms with E-state index in [1.165, 1.54) is 22.3 Å². The van der Waals surface area contributed by atoms with Gasteiger partial charge in [-0.3, -0.25) is 9.69 Å². The third kappa shape index (κ3) is 4.21.